The van der Waals surface area contributed by atoms with E-state index in [2.05, 4.69) is 15.9 Å². The number of para-hydroxylation sites is 1. The van der Waals surface area contributed by atoms with E-state index in [9.17, 15) is 0 Å². The van der Waals surface area contributed by atoms with Gasteiger partial charge in [0.15, 0.2) is 0 Å². The minimum atomic E-state index is 0.364. The molecule has 1 nitrogen and oxygen atoms in total. The minimum absolute atomic E-state index is 0.364. The zero-order valence-corrected chi connectivity index (χ0v) is 12.6. The third kappa shape index (κ3) is 3.19. The van der Waals surface area contributed by atoms with Crippen molar-refractivity contribution >= 4 is 39.1 Å². The highest BCUT2D eigenvalue weighted by atomic mass is 79.9. The van der Waals surface area contributed by atoms with E-state index in [0.29, 0.717) is 16.7 Å². The van der Waals surface area contributed by atoms with Gasteiger partial charge in [0.2, 0.25) is 0 Å². The molecule has 2 rings (SSSR count). The average molecular weight is 346 g/mol. The average Bonchev–Trinajstić information content (AvgIpc) is 2.38. The van der Waals surface area contributed by atoms with E-state index in [-0.39, 0.29) is 0 Å². The molecule has 2 aromatic rings. The summed E-state index contributed by atoms with van der Waals surface area (Å²) in [4.78, 5) is 0. The van der Waals surface area contributed by atoms with Gasteiger partial charge in [-0.05, 0) is 18.2 Å². The molecule has 0 aliphatic rings. The van der Waals surface area contributed by atoms with Gasteiger partial charge in [-0.2, -0.15) is 0 Å². The Morgan fingerprint density at radius 2 is 1.61 bits per heavy atom. The lowest BCUT2D eigenvalue weighted by atomic mass is 10.2. The lowest BCUT2D eigenvalue weighted by Gasteiger charge is -2.11. The van der Waals surface area contributed by atoms with Gasteiger partial charge in [-0.25, -0.2) is 0 Å². The van der Waals surface area contributed by atoms with Gasteiger partial charge >= 0.3 is 0 Å². The molecule has 94 valence electrons. The number of benzene rings is 2. The molecule has 0 saturated heterocycles. The van der Waals surface area contributed by atoms with Crippen molar-refractivity contribution in [2.75, 3.05) is 0 Å². The number of rotatable bonds is 4. The van der Waals surface area contributed by atoms with E-state index in [1.54, 1.807) is 0 Å². The van der Waals surface area contributed by atoms with Crippen LogP contribution in [0.2, 0.25) is 10.0 Å². The summed E-state index contributed by atoms with van der Waals surface area (Å²) in [5.41, 5.74) is 1.91. The molecule has 4 heteroatoms. The molecule has 18 heavy (non-hydrogen) atoms. The summed E-state index contributed by atoms with van der Waals surface area (Å²) < 4.78 is 5.78. The molecule has 0 N–H and O–H groups in total. The molecule has 0 spiro atoms. The van der Waals surface area contributed by atoms with Gasteiger partial charge in [0.1, 0.15) is 12.4 Å². The molecule has 0 atom stereocenters. The Morgan fingerprint density at radius 1 is 0.944 bits per heavy atom. The molecule has 0 bridgehead atoms. The van der Waals surface area contributed by atoms with Crippen LogP contribution < -0.4 is 4.74 Å². The van der Waals surface area contributed by atoms with Gasteiger partial charge < -0.3 is 4.74 Å². The zero-order valence-electron chi connectivity index (χ0n) is 9.50. The maximum atomic E-state index is 6.10. The van der Waals surface area contributed by atoms with Crippen LogP contribution in [0.5, 0.6) is 5.75 Å². The quantitative estimate of drug-likeness (QED) is 0.668. The number of halogens is 3. The summed E-state index contributed by atoms with van der Waals surface area (Å²) in [6, 6.07) is 13.3. The summed E-state index contributed by atoms with van der Waals surface area (Å²) in [5, 5.41) is 2.00. The summed E-state index contributed by atoms with van der Waals surface area (Å²) in [5.74, 6) is 0.838. The lowest BCUT2D eigenvalue weighted by Crippen LogP contribution is -1.99. The second kappa shape index (κ2) is 6.46. The van der Waals surface area contributed by atoms with Gasteiger partial charge in [0, 0.05) is 26.5 Å². The monoisotopic (exact) mass is 344 g/mol. The Labute approximate surface area is 125 Å². The predicted octanol–water partition coefficient (Wildman–Crippen LogP) is 5.47. The van der Waals surface area contributed by atoms with Crippen LogP contribution in [0.4, 0.5) is 0 Å². The third-order valence-corrected chi connectivity index (χ3v) is 3.86. The van der Waals surface area contributed by atoms with Gasteiger partial charge in [0.25, 0.3) is 0 Å². The Hall–Kier alpha value is -0.700. The number of hydrogen-bond donors (Lipinski definition) is 0. The summed E-state index contributed by atoms with van der Waals surface area (Å²) in [6.07, 6.45) is 0. The van der Waals surface area contributed by atoms with Crippen molar-refractivity contribution in [3.05, 3.63) is 63.6 Å². The maximum Gasteiger partial charge on any atom is 0.123 e. The molecule has 0 saturated carbocycles. The Balaban J connectivity index is 2.16. The van der Waals surface area contributed by atoms with E-state index in [1.807, 2.05) is 42.5 Å². The first kappa shape index (κ1) is 13.7. The highest BCUT2D eigenvalue weighted by Crippen LogP contribution is 2.27. The normalized spacial score (nSPS) is 10.4. The van der Waals surface area contributed by atoms with Crippen molar-refractivity contribution in [2.45, 2.75) is 11.9 Å². The van der Waals surface area contributed by atoms with E-state index in [0.717, 1.165) is 22.2 Å². The van der Waals surface area contributed by atoms with Crippen molar-refractivity contribution in [1.82, 2.24) is 0 Å². The topological polar surface area (TPSA) is 9.23 Å². The van der Waals surface area contributed by atoms with E-state index < -0.39 is 0 Å². The highest BCUT2D eigenvalue weighted by Gasteiger charge is 2.07. The van der Waals surface area contributed by atoms with Crippen molar-refractivity contribution in [3.63, 3.8) is 0 Å². The molecule has 0 heterocycles. The van der Waals surface area contributed by atoms with Crippen LogP contribution in [-0.4, -0.2) is 0 Å². The van der Waals surface area contributed by atoms with Crippen LogP contribution in [0.3, 0.4) is 0 Å². The first-order valence-corrected chi connectivity index (χ1v) is 7.29. The number of alkyl halides is 1. The minimum Gasteiger partial charge on any atom is -0.488 e. The van der Waals surface area contributed by atoms with Crippen molar-refractivity contribution in [2.24, 2.45) is 0 Å². The molecule has 0 aliphatic heterocycles. The highest BCUT2D eigenvalue weighted by molar-refractivity contribution is 9.08. The fraction of sp³-hybridized carbons (Fsp3) is 0.143. The fourth-order valence-electron chi connectivity index (χ4n) is 1.58. The summed E-state index contributed by atoms with van der Waals surface area (Å²) >= 11 is 15.6. The van der Waals surface area contributed by atoms with Crippen LogP contribution in [0, 0.1) is 0 Å². The summed E-state index contributed by atoms with van der Waals surface area (Å²) in [6.45, 7) is 0.364. The van der Waals surface area contributed by atoms with Gasteiger partial charge in [0.05, 0.1) is 0 Å². The SMILES string of the molecule is Clc1cccc(Cl)c1COc1ccccc1CBr. The smallest absolute Gasteiger partial charge is 0.123 e. The lowest BCUT2D eigenvalue weighted by molar-refractivity contribution is 0.304. The van der Waals surface area contributed by atoms with Crippen molar-refractivity contribution in [1.29, 1.82) is 0 Å². The molecule has 0 amide bonds. The number of ether oxygens (including phenoxy) is 1. The van der Waals surface area contributed by atoms with Crippen molar-refractivity contribution in [3.8, 4) is 5.75 Å². The molecular weight excluding hydrogens is 335 g/mol. The molecule has 0 aliphatic carbocycles. The standard InChI is InChI=1S/C14H11BrCl2O/c15-8-10-4-1-2-7-14(10)18-9-11-12(16)5-3-6-13(11)17/h1-7H,8-9H2. The Morgan fingerprint density at radius 3 is 2.28 bits per heavy atom. The van der Waals surface area contributed by atoms with Crippen molar-refractivity contribution < 1.29 is 4.74 Å². The van der Waals surface area contributed by atoms with E-state index in [4.69, 9.17) is 27.9 Å². The Bertz CT molecular complexity index is 523. The van der Waals surface area contributed by atoms with Crippen LogP contribution in [-0.2, 0) is 11.9 Å². The summed E-state index contributed by atoms with van der Waals surface area (Å²) in [7, 11) is 0. The van der Waals surface area contributed by atoms with Crippen LogP contribution in [0.25, 0.3) is 0 Å². The largest absolute Gasteiger partial charge is 0.488 e. The Kier molecular flexibility index (Phi) is 4.93. The van der Waals surface area contributed by atoms with Crippen LogP contribution in [0.1, 0.15) is 11.1 Å². The predicted molar refractivity (Wildman–Crippen MR) is 79.9 cm³/mol. The molecule has 0 aromatic heterocycles. The van der Waals surface area contributed by atoms with E-state index >= 15 is 0 Å². The number of hydrogen-bond acceptors (Lipinski definition) is 1. The third-order valence-electron chi connectivity index (χ3n) is 2.55. The molecule has 0 unspecified atom stereocenters. The molecular formula is C14H11BrCl2O. The van der Waals surface area contributed by atoms with E-state index in [1.165, 1.54) is 0 Å². The van der Waals surface area contributed by atoms with Gasteiger partial charge in [-0.1, -0.05) is 63.4 Å². The van der Waals surface area contributed by atoms with Crippen LogP contribution in [0.15, 0.2) is 42.5 Å². The van der Waals surface area contributed by atoms with Gasteiger partial charge in [-0.3, -0.25) is 0 Å². The molecule has 2 aromatic carbocycles. The second-order valence-corrected chi connectivity index (χ2v) is 5.11. The maximum absolute atomic E-state index is 6.10. The first-order chi connectivity index (χ1) is 8.72. The van der Waals surface area contributed by atoms with Gasteiger partial charge in [-0.15, -0.1) is 0 Å². The van der Waals surface area contributed by atoms with Crippen LogP contribution >= 0.6 is 39.1 Å². The molecule has 0 radical (unpaired) electrons. The zero-order chi connectivity index (χ0) is 13.0. The first-order valence-electron chi connectivity index (χ1n) is 5.42. The second-order valence-electron chi connectivity index (χ2n) is 3.73. The fourth-order valence-corrected chi connectivity index (χ4v) is 2.54. The molecule has 0 fully saturated rings.